The van der Waals surface area contributed by atoms with E-state index >= 15 is 0 Å². The van der Waals surface area contributed by atoms with E-state index in [0.29, 0.717) is 42.8 Å². The van der Waals surface area contributed by atoms with Gasteiger partial charge >= 0.3 is 0 Å². The van der Waals surface area contributed by atoms with E-state index in [1.54, 1.807) is 13.0 Å². The Morgan fingerprint density at radius 2 is 1.88 bits per heavy atom. The van der Waals surface area contributed by atoms with E-state index in [-0.39, 0.29) is 35.2 Å². The molecule has 2 N–H and O–H groups in total. The summed E-state index contributed by atoms with van der Waals surface area (Å²) in [6.07, 6.45) is 7.91. The number of sulfonamides is 1. The number of hydrogen-bond donors (Lipinski definition) is 2. The van der Waals surface area contributed by atoms with Gasteiger partial charge in [0.05, 0.1) is 16.5 Å². The van der Waals surface area contributed by atoms with E-state index in [2.05, 4.69) is 10.6 Å². The number of nitrogens with zero attached hydrogens (tertiary/aromatic N) is 1. The first-order valence-electron chi connectivity index (χ1n) is 12.2. The molecule has 0 radical (unpaired) electrons. The lowest BCUT2D eigenvalue weighted by Gasteiger charge is -2.33. The van der Waals surface area contributed by atoms with Crippen molar-refractivity contribution in [3.8, 4) is 5.75 Å². The third kappa shape index (κ3) is 5.19. The van der Waals surface area contributed by atoms with Crippen molar-refractivity contribution in [2.24, 2.45) is 5.92 Å². The minimum atomic E-state index is -3.81. The summed E-state index contributed by atoms with van der Waals surface area (Å²) in [7, 11) is -3.81. The van der Waals surface area contributed by atoms with Crippen LogP contribution in [0, 0.1) is 12.8 Å². The van der Waals surface area contributed by atoms with E-state index in [0.717, 1.165) is 25.7 Å². The molecular formula is C24H35N3O5S. The number of carbonyl (C=O) groups excluding carboxylic acids is 2. The van der Waals surface area contributed by atoms with Crippen molar-refractivity contribution in [1.82, 2.24) is 9.62 Å². The van der Waals surface area contributed by atoms with Crippen LogP contribution in [0.2, 0.25) is 0 Å². The fraction of sp³-hybridized carbons (Fsp3) is 0.667. The Bertz CT molecular complexity index is 1000. The summed E-state index contributed by atoms with van der Waals surface area (Å²) in [6.45, 7) is 4.13. The van der Waals surface area contributed by atoms with Gasteiger partial charge in [-0.2, -0.15) is 4.31 Å². The van der Waals surface area contributed by atoms with Gasteiger partial charge in [-0.25, -0.2) is 8.42 Å². The van der Waals surface area contributed by atoms with Gasteiger partial charge in [0.25, 0.3) is 5.91 Å². The molecule has 1 saturated carbocycles. The highest BCUT2D eigenvalue weighted by Gasteiger charge is 2.36. The molecule has 1 saturated heterocycles. The number of nitrogens with one attached hydrogen (secondary N) is 2. The third-order valence-corrected chi connectivity index (χ3v) is 9.05. The summed E-state index contributed by atoms with van der Waals surface area (Å²) in [4.78, 5) is 25.2. The Morgan fingerprint density at radius 3 is 2.58 bits per heavy atom. The summed E-state index contributed by atoms with van der Waals surface area (Å²) in [6, 6.07) is 3.36. The highest BCUT2D eigenvalue weighted by atomic mass is 32.2. The van der Waals surface area contributed by atoms with Crippen LogP contribution in [0.1, 0.15) is 70.3 Å². The first kappa shape index (κ1) is 24.0. The van der Waals surface area contributed by atoms with Gasteiger partial charge in [0.2, 0.25) is 15.9 Å². The average Bonchev–Trinajstić information content (AvgIpc) is 3.07. The van der Waals surface area contributed by atoms with Gasteiger partial charge in [0.1, 0.15) is 5.75 Å². The summed E-state index contributed by atoms with van der Waals surface area (Å²) in [5.41, 5.74) is 1.03. The Morgan fingerprint density at radius 1 is 1.15 bits per heavy atom. The van der Waals surface area contributed by atoms with Crippen molar-refractivity contribution >= 4 is 27.5 Å². The zero-order chi connectivity index (χ0) is 23.6. The lowest BCUT2D eigenvalue weighted by molar-refractivity contribution is -0.127. The molecule has 182 valence electrons. The molecule has 2 heterocycles. The summed E-state index contributed by atoms with van der Waals surface area (Å²) < 4.78 is 34.3. The number of fused-ring (bicyclic) bond motifs is 1. The quantitative estimate of drug-likeness (QED) is 0.633. The zero-order valence-corrected chi connectivity index (χ0v) is 20.4. The number of hydrogen-bond acceptors (Lipinski definition) is 5. The SMILES string of the molecule is CC[C@H]1Oc2cc(S(=O)(=O)N3CCC[C@@H](C(=O)NC4CCCCCC4)C3)c(C)cc2NC1=O. The van der Waals surface area contributed by atoms with E-state index in [1.807, 2.05) is 6.92 Å². The average molecular weight is 478 g/mol. The van der Waals surface area contributed by atoms with Crippen LogP contribution in [0.5, 0.6) is 5.75 Å². The van der Waals surface area contributed by atoms with Crippen LogP contribution in [-0.2, 0) is 19.6 Å². The second-order valence-corrected chi connectivity index (χ2v) is 11.4. The van der Waals surface area contributed by atoms with Gasteiger partial charge in [0.15, 0.2) is 6.10 Å². The molecule has 9 heteroatoms. The molecule has 0 aromatic heterocycles. The van der Waals surface area contributed by atoms with Crippen LogP contribution in [0.25, 0.3) is 0 Å². The maximum Gasteiger partial charge on any atom is 0.265 e. The van der Waals surface area contributed by atoms with Crippen molar-refractivity contribution in [1.29, 1.82) is 0 Å². The highest BCUT2D eigenvalue weighted by molar-refractivity contribution is 7.89. The Balaban J connectivity index is 1.50. The first-order valence-corrected chi connectivity index (χ1v) is 13.7. The second-order valence-electron chi connectivity index (χ2n) is 9.52. The van der Waals surface area contributed by atoms with Crippen molar-refractivity contribution in [2.75, 3.05) is 18.4 Å². The lowest BCUT2D eigenvalue weighted by atomic mass is 9.97. The predicted octanol–water partition coefficient (Wildman–Crippen LogP) is 3.34. The first-order chi connectivity index (χ1) is 15.8. The number of benzene rings is 1. The summed E-state index contributed by atoms with van der Waals surface area (Å²) in [5, 5.41) is 5.99. The molecule has 4 rings (SSSR count). The number of anilines is 1. The number of ether oxygens (including phenoxy) is 1. The fourth-order valence-electron chi connectivity index (χ4n) is 5.09. The molecule has 1 aliphatic carbocycles. The fourth-order valence-corrected chi connectivity index (χ4v) is 6.83. The van der Waals surface area contributed by atoms with Crippen LogP contribution in [0.3, 0.4) is 0 Å². The molecule has 2 fully saturated rings. The van der Waals surface area contributed by atoms with Gasteiger partial charge in [0, 0.05) is 25.2 Å². The normalized spacial score (nSPS) is 24.8. The Kier molecular flexibility index (Phi) is 7.28. The topological polar surface area (TPSA) is 105 Å². The molecule has 2 aliphatic heterocycles. The van der Waals surface area contributed by atoms with Crippen LogP contribution in [0.15, 0.2) is 17.0 Å². The lowest BCUT2D eigenvalue weighted by Crippen LogP contribution is -2.47. The molecule has 0 spiro atoms. The van der Waals surface area contributed by atoms with Crippen molar-refractivity contribution < 1.29 is 22.7 Å². The van der Waals surface area contributed by atoms with Crippen molar-refractivity contribution in [2.45, 2.75) is 88.7 Å². The summed E-state index contributed by atoms with van der Waals surface area (Å²) >= 11 is 0. The van der Waals surface area contributed by atoms with E-state index < -0.39 is 16.1 Å². The molecule has 0 unspecified atom stereocenters. The van der Waals surface area contributed by atoms with Gasteiger partial charge in [-0.1, -0.05) is 32.6 Å². The number of rotatable bonds is 5. The molecule has 0 bridgehead atoms. The van der Waals surface area contributed by atoms with Gasteiger partial charge < -0.3 is 15.4 Å². The zero-order valence-electron chi connectivity index (χ0n) is 19.6. The minimum absolute atomic E-state index is 0.0270. The maximum absolute atomic E-state index is 13.6. The van der Waals surface area contributed by atoms with Gasteiger partial charge in [-0.05, 0) is 50.7 Å². The highest BCUT2D eigenvalue weighted by Crippen LogP contribution is 2.36. The molecule has 2 amide bonds. The predicted molar refractivity (Wildman–Crippen MR) is 126 cm³/mol. The third-order valence-electron chi connectivity index (χ3n) is 7.04. The van der Waals surface area contributed by atoms with Crippen LogP contribution in [-0.4, -0.2) is 49.8 Å². The van der Waals surface area contributed by atoms with Crippen LogP contribution in [0.4, 0.5) is 5.69 Å². The Hall–Kier alpha value is -2.13. The molecule has 1 aromatic carbocycles. The smallest absolute Gasteiger partial charge is 0.265 e. The van der Waals surface area contributed by atoms with Crippen molar-refractivity contribution in [3.05, 3.63) is 17.7 Å². The number of aryl methyl sites for hydroxylation is 1. The van der Waals surface area contributed by atoms with Gasteiger partial charge in [-0.15, -0.1) is 0 Å². The minimum Gasteiger partial charge on any atom is -0.478 e. The number of carbonyl (C=O) groups is 2. The molecule has 1 aromatic rings. The summed E-state index contributed by atoms with van der Waals surface area (Å²) in [5.74, 6) is -0.223. The molecule has 2 atom stereocenters. The van der Waals surface area contributed by atoms with E-state index in [1.165, 1.54) is 23.2 Å². The van der Waals surface area contributed by atoms with E-state index in [9.17, 15) is 18.0 Å². The maximum atomic E-state index is 13.6. The Labute approximate surface area is 196 Å². The molecule has 8 nitrogen and oxygen atoms in total. The number of amides is 2. The van der Waals surface area contributed by atoms with Gasteiger partial charge in [-0.3, -0.25) is 9.59 Å². The second kappa shape index (κ2) is 10.0. The monoisotopic (exact) mass is 477 g/mol. The largest absolute Gasteiger partial charge is 0.478 e. The standard InChI is InChI=1S/C24H35N3O5S/c1-3-20-24(29)26-19-13-16(2)22(14-21(19)32-20)33(30,31)27-12-8-9-17(15-27)23(28)25-18-10-6-4-5-7-11-18/h13-14,17-18,20H,3-12,15H2,1-2H3,(H,25,28)(H,26,29)/t17-,20-/m1/s1. The van der Waals surface area contributed by atoms with Crippen LogP contribution >= 0.6 is 0 Å². The number of piperidine rings is 1. The molecular weight excluding hydrogens is 442 g/mol. The molecule has 3 aliphatic rings. The van der Waals surface area contributed by atoms with Crippen molar-refractivity contribution in [3.63, 3.8) is 0 Å². The van der Waals surface area contributed by atoms with Crippen LogP contribution < -0.4 is 15.4 Å². The van der Waals surface area contributed by atoms with E-state index in [4.69, 9.17) is 4.74 Å². The molecule has 33 heavy (non-hydrogen) atoms.